The van der Waals surface area contributed by atoms with Crippen LogP contribution in [0.3, 0.4) is 0 Å². The monoisotopic (exact) mass is 197 g/mol. The molecule has 0 aromatic carbocycles. The van der Waals surface area contributed by atoms with Gasteiger partial charge in [-0.3, -0.25) is 0 Å². The molecule has 0 aliphatic heterocycles. The molecule has 1 aliphatic carbocycles. The zero-order chi connectivity index (χ0) is 10.3. The standard InChI is InChI=1S/C12H21O2/c1-2-3-5-8-12(14-11-13)9-6-4-7-10-12/h2-10H2,1H3. The summed E-state index contributed by atoms with van der Waals surface area (Å²) < 4.78 is 5.21. The van der Waals surface area contributed by atoms with Gasteiger partial charge in [-0.25, -0.2) is 4.79 Å². The van der Waals surface area contributed by atoms with E-state index in [4.69, 9.17) is 4.74 Å². The van der Waals surface area contributed by atoms with Crippen molar-refractivity contribution >= 4 is 6.47 Å². The molecule has 81 valence electrons. The topological polar surface area (TPSA) is 26.3 Å². The van der Waals surface area contributed by atoms with E-state index in [9.17, 15) is 4.79 Å². The first-order chi connectivity index (χ1) is 6.83. The summed E-state index contributed by atoms with van der Waals surface area (Å²) in [6.07, 6.45) is 10.5. The Balaban J connectivity index is 2.38. The summed E-state index contributed by atoms with van der Waals surface area (Å²) >= 11 is 0. The molecule has 0 saturated heterocycles. The lowest BCUT2D eigenvalue weighted by molar-refractivity contribution is 0.00523. The first kappa shape index (κ1) is 11.5. The number of ether oxygens (including phenoxy) is 1. The Kier molecular flexibility index (Phi) is 4.99. The lowest BCUT2D eigenvalue weighted by Crippen LogP contribution is -2.34. The van der Waals surface area contributed by atoms with Crippen LogP contribution in [0.2, 0.25) is 0 Å². The number of hydrogen-bond acceptors (Lipinski definition) is 2. The fraction of sp³-hybridized carbons (Fsp3) is 0.917. The van der Waals surface area contributed by atoms with Gasteiger partial charge in [0.2, 0.25) is 0 Å². The van der Waals surface area contributed by atoms with Gasteiger partial charge in [0, 0.05) is 0 Å². The molecule has 0 heterocycles. The summed E-state index contributed by atoms with van der Waals surface area (Å²) in [6.45, 7) is 3.85. The van der Waals surface area contributed by atoms with Crippen molar-refractivity contribution in [2.75, 3.05) is 0 Å². The van der Waals surface area contributed by atoms with Gasteiger partial charge in [0.05, 0.1) is 0 Å². The third-order valence-corrected chi connectivity index (χ3v) is 3.26. The van der Waals surface area contributed by atoms with Crippen LogP contribution in [0.15, 0.2) is 0 Å². The minimum atomic E-state index is -0.144. The van der Waals surface area contributed by atoms with Gasteiger partial charge >= 0.3 is 6.47 Å². The molecule has 0 amide bonds. The van der Waals surface area contributed by atoms with Gasteiger partial charge in [-0.1, -0.05) is 26.2 Å². The molecule has 0 spiro atoms. The van der Waals surface area contributed by atoms with Gasteiger partial charge < -0.3 is 4.74 Å². The van der Waals surface area contributed by atoms with Gasteiger partial charge in [0.25, 0.3) is 0 Å². The predicted octanol–water partition coefficient (Wildman–Crippen LogP) is 3.35. The molecule has 1 saturated carbocycles. The normalized spacial score (nSPS) is 20.4. The van der Waals surface area contributed by atoms with E-state index in [1.54, 1.807) is 6.47 Å². The van der Waals surface area contributed by atoms with Crippen molar-refractivity contribution in [2.45, 2.75) is 70.3 Å². The average molecular weight is 197 g/mol. The summed E-state index contributed by atoms with van der Waals surface area (Å²) in [6, 6.07) is 0. The van der Waals surface area contributed by atoms with E-state index in [1.807, 2.05) is 0 Å². The molecule has 0 bridgehead atoms. The van der Waals surface area contributed by atoms with E-state index in [2.05, 4.69) is 6.92 Å². The van der Waals surface area contributed by atoms with Crippen LogP contribution in [0.5, 0.6) is 0 Å². The molecule has 1 aliphatic rings. The molecule has 0 atom stereocenters. The van der Waals surface area contributed by atoms with E-state index in [0.717, 1.165) is 19.3 Å². The maximum Gasteiger partial charge on any atom is 0.418 e. The zero-order valence-corrected chi connectivity index (χ0v) is 9.18. The van der Waals surface area contributed by atoms with Crippen LogP contribution in [0.1, 0.15) is 64.7 Å². The average Bonchev–Trinajstić information content (AvgIpc) is 2.20. The molecule has 0 N–H and O–H groups in total. The molecule has 0 aromatic rings. The second-order valence-electron chi connectivity index (χ2n) is 4.39. The number of carbonyl (C=O) groups excluding carboxylic acids is 1. The van der Waals surface area contributed by atoms with Crippen molar-refractivity contribution in [3.05, 3.63) is 0 Å². The summed E-state index contributed by atoms with van der Waals surface area (Å²) in [5.74, 6) is 0. The second-order valence-corrected chi connectivity index (χ2v) is 4.39. The van der Waals surface area contributed by atoms with E-state index in [0.29, 0.717) is 0 Å². The van der Waals surface area contributed by atoms with Crippen LogP contribution in [0, 0.1) is 0 Å². The maximum absolute atomic E-state index is 10.4. The third-order valence-electron chi connectivity index (χ3n) is 3.26. The maximum atomic E-state index is 10.4. The fourth-order valence-electron chi connectivity index (χ4n) is 2.38. The Bertz CT molecular complexity index is 160. The van der Waals surface area contributed by atoms with Gasteiger partial charge in [-0.05, 0) is 38.5 Å². The summed E-state index contributed by atoms with van der Waals surface area (Å²) in [7, 11) is 0. The highest BCUT2D eigenvalue weighted by Gasteiger charge is 2.33. The summed E-state index contributed by atoms with van der Waals surface area (Å²) in [5.41, 5.74) is -0.144. The van der Waals surface area contributed by atoms with Gasteiger partial charge in [0.1, 0.15) is 5.60 Å². The molecule has 14 heavy (non-hydrogen) atoms. The molecule has 1 rings (SSSR count). The van der Waals surface area contributed by atoms with Gasteiger partial charge in [-0.15, -0.1) is 0 Å². The number of hydrogen-bond donors (Lipinski definition) is 0. The van der Waals surface area contributed by atoms with Gasteiger partial charge in [-0.2, -0.15) is 0 Å². The smallest absolute Gasteiger partial charge is 0.418 e. The van der Waals surface area contributed by atoms with Crippen LogP contribution in [0.4, 0.5) is 0 Å². The van der Waals surface area contributed by atoms with Crippen LogP contribution < -0.4 is 0 Å². The van der Waals surface area contributed by atoms with E-state index in [-0.39, 0.29) is 5.60 Å². The quantitative estimate of drug-likeness (QED) is 0.610. The van der Waals surface area contributed by atoms with Crippen molar-refractivity contribution in [3.8, 4) is 0 Å². The van der Waals surface area contributed by atoms with E-state index >= 15 is 0 Å². The summed E-state index contributed by atoms with van der Waals surface area (Å²) in [5, 5.41) is 0. The summed E-state index contributed by atoms with van der Waals surface area (Å²) in [4.78, 5) is 10.4. The lowest BCUT2D eigenvalue weighted by Gasteiger charge is -2.35. The lowest BCUT2D eigenvalue weighted by atomic mass is 9.81. The predicted molar refractivity (Wildman–Crippen MR) is 56.7 cm³/mol. The SMILES string of the molecule is CCCCCC1(O[C]=O)CCCCC1. The highest BCUT2D eigenvalue weighted by molar-refractivity contribution is 5.39. The molecule has 0 unspecified atom stereocenters. The van der Waals surface area contributed by atoms with Crippen molar-refractivity contribution in [1.29, 1.82) is 0 Å². The second kappa shape index (κ2) is 6.05. The first-order valence-electron chi connectivity index (χ1n) is 5.88. The third kappa shape index (κ3) is 3.32. The highest BCUT2D eigenvalue weighted by atomic mass is 16.5. The van der Waals surface area contributed by atoms with E-state index < -0.39 is 0 Å². The Labute approximate surface area is 87.0 Å². The minimum absolute atomic E-state index is 0.144. The molecule has 0 aromatic heterocycles. The molecule has 2 heteroatoms. The Morgan fingerprint density at radius 1 is 1.21 bits per heavy atom. The van der Waals surface area contributed by atoms with Crippen LogP contribution in [-0.4, -0.2) is 12.1 Å². The van der Waals surface area contributed by atoms with Crippen LogP contribution in [0.25, 0.3) is 0 Å². The minimum Gasteiger partial charge on any atom is -0.451 e. The molecule has 1 fully saturated rings. The Hall–Kier alpha value is -0.530. The number of rotatable bonds is 6. The largest absolute Gasteiger partial charge is 0.451 e. The Morgan fingerprint density at radius 2 is 1.93 bits per heavy atom. The first-order valence-corrected chi connectivity index (χ1v) is 5.88. The molecule has 2 nitrogen and oxygen atoms in total. The number of unbranched alkanes of at least 4 members (excludes halogenated alkanes) is 2. The van der Waals surface area contributed by atoms with Gasteiger partial charge in [0.15, 0.2) is 0 Å². The van der Waals surface area contributed by atoms with E-state index in [1.165, 1.54) is 38.5 Å². The van der Waals surface area contributed by atoms with Crippen molar-refractivity contribution in [3.63, 3.8) is 0 Å². The van der Waals surface area contributed by atoms with Crippen molar-refractivity contribution in [2.24, 2.45) is 0 Å². The fourth-order valence-corrected chi connectivity index (χ4v) is 2.38. The van der Waals surface area contributed by atoms with Crippen molar-refractivity contribution < 1.29 is 9.53 Å². The van der Waals surface area contributed by atoms with Crippen molar-refractivity contribution in [1.82, 2.24) is 0 Å². The molecular weight excluding hydrogens is 176 g/mol. The van der Waals surface area contributed by atoms with Crippen LogP contribution >= 0.6 is 0 Å². The highest BCUT2D eigenvalue weighted by Crippen LogP contribution is 2.35. The molecule has 1 radical (unpaired) electrons. The van der Waals surface area contributed by atoms with Crippen LogP contribution in [-0.2, 0) is 9.53 Å². The molecular formula is C12H21O2. The zero-order valence-electron chi connectivity index (χ0n) is 9.18. The Morgan fingerprint density at radius 3 is 2.50 bits per heavy atom.